The highest BCUT2D eigenvalue weighted by molar-refractivity contribution is 5.82. The van der Waals surface area contributed by atoms with Crippen molar-refractivity contribution in [2.75, 3.05) is 0 Å². The van der Waals surface area contributed by atoms with Crippen molar-refractivity contribution >= 4 is 11.9 Å². The number of ether oxygens (including phenoxy) is 2. The van der Waals surface area contributed by atoms with Gasteiger partial charge in [0, 0.05) is 23.7 Å². The van der Waals surface area contributed by atoms with Gasteiger partial charge < -0.3 is 9.47 Å². The van der Waals surface area contributed by atoms with E-state index in [9.17, 15) is 9.59 Å². The van der Waals surface area contributed by atoms with Crippen LogP contribution in [0.4, 0.5) is 0 Å². The quantitative estimate of drug-likeness (QED) is 0.355. The molecule has 4 heteroatoms. The molecule has 1 spiro atoms. The molecule has 6 fully saturated rings. The maximum Gasteiger partial charge on any atom is 0.313 e. The van der Waals surface area contributed by atoms with Crippen molar-refractivity contribution in [1.82, 2.24) is 0 Å². The van der Waals surface area contributed by atoms with Gasteiger partial charge in [-0.05, 0) is 98.7 Å². The van der Waals surface area contributed by atoms with Gasteiger partial charge in [-0.1, -0.05) is 48.5 Å². The molecule has 0 aromatic rings. The molecule has 11 atom stereocenters. The fourth-order valence-corrected chi connectivity index (χ4v) is 12.5. The van der Waals surface area contributed by atoms with E-state index in [2.05, 4.69) is 48.5 Å². The van der Waals surface area contributed by atoms with Crippen LogP contribution in [0.15, 0.2) is 0 Å². The molecule has 5 saturated carbocycles. The minimum Gasteiger partial charge on any atom is -0.462 e. The van der Waals surface area contributed by atoms with Crippen LogP contribution in [-0.2, 0) is 19.1 Å². The highest BCUT2D eigenvalue weighted by Gasteiger charge is 2.81. The molecule has 36 heavy (non-hydrogen) atoms. The lowest BCUT2D eigenvalue weighted by Crippen LogP contribution is -2.72. The molecule has 5 aliphatic carbocycles. The standard InChI is InChI=1S/C32H50O4/c1-19-9-15-31-18-17-30(8)29(7)14-10-22-27(4,5)24(35-21(3)33)12-13-28(22,6)23(29)11-16-32(30,36-26(31)34)25(31)20(19)2/h19-20,22-25H,9-18H2,1-8H3/t19-,20+,22?,23?,24+,25-,28+,29-,30+,31+,32+/m1/s1. The van der Waals surface area contributed by atoms with Crippen molar-refractivity contribution in [2.24, 2.45) is 56.7 Å². The van der Waals surface area contributed by atoms with E-state index >= 15 is 0 Å². The second-order valence-corrected chi connectivity index (χ2v) is 15.7. The summed E-state index contributed by atoms with van der Waals surface area (Å²) in [5.41, 5.74) is -0.155. The van der Waals surface area contributed by atoms with Gasteiger partial charge in [0.05, 0.1) is 5.41 Å². The van der Waals surface area contributed by atoms with Crippen LogP contribution in [0.1, 0.15) is 120 Å². The van der Waals surface area contributed by atoms with Gasteiger partial charge in [0.2, 0.25) is 0 Å². The summed E-state index contributed by atoms with van der Waals surface area (Å²) >= 11 is 0. The van der Waals surface area contributed by atoms with Gasteiger partial charge in [0.15, 0.2) is 0 Å². The van der Waals surface area contributed by atoms with Crippen molar-refractivity contribution in [1.29, 1.82) is 0 Å². The normalized spacial score (nSPS) is 56.9. The molecule has 0 aromatic carbocycles. The third-order valence-electron chi connectivity index (χ3n) is 14.6. The molecule has 1 heterocycles. The van der Waals surface area contributed by atoms with Crippen LogP contribution >= 0.6 is 0 Å². The first-order valence-corrected chi connectivity index (χ1v) is 15.1. The molecule has 2 bridgehead atoms. The van der Waals surface area contributed by atoms with Crippen molar-refractivity contribution in [3.05, 3.63) is 0 Å². The highest BCUT2D eigenvalue weighted by Crippen LogP contribution is 2.80. The van der Waals surface area contributed by atoms with E-state index in [1.54, 1.807) is 6.92 Å². The second kappa shape index (κ2) is 7.32. The highest BCUT2D eigenvalue weighted by atomic mass is 16.6. The summed E-state index contributed by atoms with van der Waals surface area (Å²) in [6, 6.07) is 0. The minimum absolute atomic E-state index is 0.0126. The molecule has 1 aliphatic heterocycles. The van der Waals surface area contributed by atoms with Crippen molar-refractivity contribution in [3.63, 3.8) is 0 Å². The Morgan fingerprint density at radius 1 is 0.861 bits per heavy atom. The van der Waals surface area contributed by atoms with Crippen molar-refractivity contribution < 1.29 is 19.1 Å². The number of carbonyl (C=O) groups is 2. The van der Waals surface area contributed by atoms with Gasteiger partial charge in [0.1, 0.15) is 11.7 Å². The molecule has 0 radical (unpaired) electrons. The van der Waals surface area contributed by atoms with Crippen LogP contribution in [-0.4, -0.2) is 23.6 Å². The Morgan fingerprint density at radius 2 is 1.56 bits per heavy atom. The summed E-state index contributed by atoms with van der Waals surface area (Å²) in [6.07, 6.45) is 11.0. The molecule has 0 N–H and O–H groups in total. The number of hydrogen-bond donors (Lipinski definition) is 0. The molecule has 202 valence electrons. The lowest BCUT2D eigenvalue weighted by Gasteiger charge is -2.74. The monoisotopic (exact) mass is 498 g/mol. The Bertz CT molecular complexity index is 987. The largest absolute Gasteiger partial charge is 0.462 e. The molecule has 6 aliphatic rings. The summed E-state index contributed by atoms with van der Waals surface area (Å²) in [5, 5.41) is 0. The first kappa shape index (κ1) is 25.2. The average molecular weight is 499 g/mol. The summed E-state index contributed by atoms with van der Waals surface area (Å²) < 4.78 is 12.7. The number of fused-ring (bicyclic) bond motifs is 4. The Kier molecular flexibility index (Phi) is 5.13. The van der Waals surface area contributed by atoms with Crippen LogP contribution in [0.3, 0.4) is 0 Å². The zero-order valence-electron chi connectivity index (χ0n) is 24.2. The summed E-state index contributed by atoms with van der Waals surface area (Å²) in [4.78, 5) is 25.7. The molecule has 4 nitrogen and oxygen atoms in total. The van der Waals surface area contributed by atoms with Crippen molar-refractivity contribution in [3.8, 4) is 0 Å². The number of esters is 2. The first-order chi connectivity index (χ1) is 16.7. The summed E-state index contributed by atoms with van der Waals surface area (Å²) in [5.74, 6) is 2.73. The number of carbonyl (C=O) groups excluding carboxylic acids is 2. The zero-order valence-corrected chi connectivity index (χ0v) is 24.2. The van der Waals surface area contributed by atoms with E-state index in [1.807, 2.05) is 0 Å². The van der Waals surface area contributed by atoms with E-state index in [0.717, 1.165) is 51.4 Å². The third kappa shape index (κ3) is 2.63. The predicted octanol–water partition coefficient (Wildman–Crippen LogP) is 7.34. The lowest BCUT2D eigenvalue weighted by atomic mass is 9.30. The number of rotatable bonds is 1. The third-order valence-corrected chi connectivity index (χ3v) is 14.6. The topological polar surface area (TPSA) is 52.6 Å². The van der Waals surface area contributed by atoms with Crippen LogP contribution in [0.5, 0.6) is 0 Å². The zero-order chi connectivity index (χ0) is 26.1. The molecule has 2 unspecified atom stereocenters. The van der Waals surface area contributed by atoms with Gasteiger partial charge >= 0.3 is 11.9 Å². The number of hydrogen-bond acceptors (Lipinski definition) is 4. The van der Waals surface area contributed by atoms with Crippen LogP contribution < -0.4 is 0 Å². The maximum atomic E-state index is 13.8. The molecular weight excluding hydrogens is 448 g/mol. The van der Waals surface area contributed by atoms with E-state index in [4.69, 9.17) is 9.47 Å². The van der Waals surface area contributed by atoms with E-state index < -0.39 is 0 Å². The van der Waals surface area contributed by atoms with Crippen LogP contribution in [0.2, 0.25) is 0 Å². The average Bonchev–Trinajstić information content (AvgIpc) is 2.99. The second-order valence-electron chi connectivity index (χ2n) is 15.7. The van der Waals surface area contributed by atoms with Crippen LogP contribution in [0, 0.1) is 56.7 Å². The van der Waals surface area contributed by atoms with Crippen LogP contribution in [0.25, 0.3) is 0 Å². The Hall–Kier alpha value is -1.06. The lowest BCUT2D eigenvalue weighted by molar-refractivity contribution is -0.290. The van der Waals surface area contributed by atoms with Gasteiger partial charge in [-0.25, -0.2) is 0 Å². The molecular formula is C32H50O4. The fraction of sp³-hybridized carbons (Fsp3) is 0.938. The summed E-state index contributed by atoms with van der Waals surface area (Å²) in [6.45, 7) is 18.8. The van der Waals surface area contributed by atoms with Gasteiger partial charge in [0.25, 0.3) is 0 Å². The molecule has 0 amide bonds. The smallest absolute Gasteiger partial charge is 0.313 e. The minimum atomic E-state index is -0.296. The maximum absolute atomic E-state index is 13.8. The van der Waals surface area contributed by atoms with Gasteiger partial charge in [-0.15, -0.1) is 0 Å². The van der Waals surface area contributed by atoms with E-state index in [-0.39, 0.29) is 50.7 Å². The predicted molar refractivity (Wildman–Crippen MR) is 140 cm³/mol. The SMILES string of the molecule is CC(=O)O[C@H]1CC[C@@]2(C)C(CC[C@]3(C)C2CC[C@]24OC(=O)[C@@]5(CC[C@@H](C)[C@H](C)[C@H]52)CC[C@]43C)C1(C)C. The molecule has 6 rings (SSSR count). The van der Waals surface area contributed by atoms with E-state index in [1.165, 1.54) is 12.8 Å². The van der Waals surface area contributed by atoms with Gasteiger partial charge in [-0.2, -0.15) is 0 Å². The van der Waals surface area contributed by atoms with Gasteiger partial charge in [-0.3, -0.25) is 9.59 Å². The Balaban J connectivity index is 1.41. The summed E-state index contributed by atoms with van der Waals surface area (Å²) in [7, 11) is 0. The van der Waals surface area contributed by atoms with E-state index in [0.29, 0.717) is 29.6 Å². The van der Waals surface area contributed by atoms with Crippen molar-refractivity contribution in [2.45, 2.75) is 131 Å². The molecule has 1 saturated heterocycles. The first-order valence-electron chi connectivity index (χ1n) is 15.1. The Morgan fingerprint density at radius 3 is 2.25 bits per heavy atom. The Labute approximate surface area is 219 Å². The fourth-order valence-electron chi connectivity index (χ4n) is 12.5. The molecule has 0 aromatic heterocycles.